The highest BCUT2D eigenvalue weighted by atomic mass is 32.2. The average molecular weight is 464 g/mol. The molecule has 32 heavy (non-hydrogen) atoms. The zero-order chi connectivity index (χ0) is 22.9. The van der Waals surface area contributed by atoms with Crippen molar-refractivity contribution in [1.82, 2.24) is 15.1 Å². The van der Waals surface area contributed by atoms with Crippen LogP contribution in [0.25, 0.3) is 5.69 Å². The van der Waals surface area contributed by atoms with Crippen LogP contribution in [-0.2, 0) is 22.7 Å². The summed E-state index contributed by atoms with van der Waals surface area (Å²) >= 11 is 0. The Kier molecular flexibility index (Phi) is 5.68. The van der Waals surface area contributed by atoms with Gasteiger partial charge in [-0.1, -0.05) is 18.2 Å². The Labute approximate surface area is 182 Å². The smallest absolute Gasteiger partial charge is 0.348 e. The molecule has 1 fully saturated rings. The number of hydrogen-bond acceptors (Lipinski definition) is 4. The molecule has 1 saturated heterocycles. The van der Waals surface area contributed by atoms with E-state index in [0.29, 0.717) is 29.9 Å². The third kappa shape index (κ3) is 4.62. The highest BCUT2D eigenvalue weighted by Crippen LogP contribution is 2.28. The number of nitrogens with one attached hydrogen (secondary N) is 1. The quantitative estimate of drug-likeness (QED) is 0.628. The van der Waals surface area contributed by atoms with Gasteiger partial charge in [0.2, 0.25) is 10.0 Å². The topological polar surface area (TPSA) is 84.3 Å². The summed E-state index contributed by atoms with van der Waals surface area (Å²) in [4.78, 5) is 12.5. The van der Waals surface area contributed by atoms with Gasteiger partial charge < -0.3 is 5.32 Å². The maximum Gasteiger partial charge on any atom is 0.435 e. The van der Waals surface area contributed by atoms with Crippen molar-refractivity contribution in [2.24, 2.45) is 0 Å². The van der Waals surface area contributed by atoms with Crippen LogP contribution in [0.4, 0.5) is 18.9 Å². The number of rotatable bonds is 5. The van der Waals surface area contributed by atoms with E-state index in [4.69, 9.17) is 0 Å². The van der Waals surface area contributed by atoms with Crippen LogP contribution in [0.1, 0.15) is 28.0 Å². The fourth-order valence-corrected chi connectivity index (χ4v) is 4.96. The van der Waals surface area contributed by atoms with Crippen LogP contribution in [-0.4, -0.2) is 36.4 Å². The first kappa shape index (κ1) is 21.9. The lowest BCUT2D eigenvalue weighted by Gasteiger charge is -2.17. The molecule has 0 spiro atoms. The number of sulfonamides is 1. The molecule has 1 amide bonds. The predicted octanol–water partition coefficient (Wildman–Crippen LogP) is 3.36. The Morgan fingerprint density at radius 2 is 1.81 bits per heavy atom. The monoisotopic (exact) mass is 464 g/mol. The largest absolute Gasteiger partial charge is 0.435 e. The normalized spacial score (nSPS) is 15.7. The van der Waals surface area contributed by atoms with Gasteiger partial charge in [-0.2, -0.15) is 18.3 Å². The molecule has 7 nitrogen and oxygen atoms in total. The van der Waals surface area contributed by atoms with Crippen molar-refractivity contribution in [1.29, 1.82) is 0 Å². The Hall–Kier alpha value is -3.34. The van der Waals surface area contributed by atoms with E-state index in [9.17, 15) is 26.4 Å². The van der Waals surface area contributed by atoms with Crippen LogP contribution >= 0.6 is 0 Å². The van der Waals surface area contributed by atoms with Crippen LogP contribution in [0.2, 0.25) is 0 Å². The minimum Gasteiger partial charge on any atom is -0.348 e. The molecule has 1 N–H and O–H groups in total. The van der Waals surface area contributed by atoms with Gasteiger partial charge in [0, 0.05) is 24.8 Å². The number of hydrogen-bond donors (Lipinski definition) is 1. The van der Waals surface area contributed by atoms with Gasteiger partial charge in [0.1, 0.15) is 0 Å². The van der Waals surface area contributed by atoms with Crippen molar-refractivity contribution in [3.8, 4) is 5.69 Å². The molecule has 2 aromatic carbocycles. The average Bonchev–Trinajstić information content (AvgIpc) is 3.39. The van der Waals surface area contributed by atoms with Gasteiger partial charge in [0.15, 0.2) is 5.69 Å². The first-order valence-electron chi connectivity index (χ1n) is 9.74. The van der Waals surface area contributed by atoms with Crippen molar-refractivity contribution >= 4 is 21.6 Å². The van der Waals surface area contributed by atoms with E-state index in [1.807, 2.05) is 0 Å². The second-order valence-electron chi connectivity index (χ2n) is 7.28. The maximum absolute atomic E-state index is 12.7. The number of anilines is 1. The summed E-state index contributed by atoms with van der Waals surface area (Å²) < 4.78 is 64.7. The Morgan fingerprint density at radius 3 is 2.44 bits per heavy atom. The second kappa shape index (κ2) is 8.30. The van der Waals surface area contributed by atoms with Crippen LogP contribution in [0, 0.1) is 0 Å². The van der Waals surface area contributed by atoms with Crippen LogP contribution in [0.15, 0.2) is 60.8 Å². The number of benzene rings is 2. The van der Waals surface area contributed by atoms with Crippen molar-refractivity contribution in [2.75, 3.05) is 16.6 Å². The molecule has 1 aliphatic rings. The zero-order valence-electron chi connectivity index (χ0n) is 16.7. The summed E-state index contributed by atoms with van der Waals surface area (Å²) in [6.45, 7) is 0.582. The second-order valence-corrected chi connectivity index (χ2v) is 9.30. The van der Waals surface area contributed by atoms with E-state index in [-0.39, 0.29) is 18.2 Å². The van der Waals surface area contributed by atoms with Gasteiger partial charge in [-0.3, -0.25) is 9.10 Å². The van der Waals surface area contributed by atoms with E-state index >= 15 is 0 Å². The molecule has 0 saturated carbocycles. The number of carbonyl (C=O) groups is 1. The first-order chi connectivity index (χ1) is 15.1. The molecule has 0 unspecified atom stereocenters. The molecular formula is C21H19F3N4O3S. The van der Waals surface area contributed by atoms with Gasteiger partial charge in [0.05, 0.1) is 17.1 Å². The minimum atomic E-state index is -4.51. The SMILES string of the molecule is O=C(NCc1ccc(-n2ccc(C(F)(F)F)n2)cc1)c1cccc(N2CCCS2(=O)=O)c1. The van der Waals surface area contributed by atoms with Gasteiger partial charge in [0.25, 0.3) is 5.91 Å². The third-order valence-corrected chi connectivity index (χ3v) is 6.90. The molecule has 0 aliphatic carbocycles. The molecule has 3 aromatic rings. The van der Waals surface area contributed by atoms with E-state index in [1.165, 1.54) is 16.6 Å². The molecule has 1 aromatic heterocycles. The van der Waals surface area contributed by atoms with E-state index < -0.39 is 21.9 Å². The summed E-state index contributed by atoms with van der Waals surface area (Å²) in [6.07, 6.45) is -2.73. The maximum atomic E-state index is 12.7. The molecule has 1 aliphatic heterocycles. The molecule has 2 heterocycles. The minimum absolute atomic E-state index is 0.0927. The van der Waals surface area contributed by atoms with E-state index in [1.54, 1.807) is 42.5 Å². The van der Waals surface area contributed by atoms with Gasteiger partial charge in [-0.15, -0.1) is 0 Å². The summed E-state index contributed by atoms with van der Waals surface area (Å²) in [6, 6.07) is 13.9. The fourth-order valence-electron chi connectivity index (χ4n) is 3.40. The van der Waals surface area contributed by atoms with Crippen molar-refractivity contribution in [3.63, 3.8) is 0 Å². The summed E-state index contributed by atoms with van der Waals surface area (Å²) in [5.74, 6) is -0.274. The van der Waals surface area contributed by atoms with Crippen molar-refractivity contribution < 1.29 is 26.4 Å². The Balaban J connectivity index is 1.40. The number of halogens is 3. The molecule has 4 rings (SSSR count). The standard InChI is InChI=1S/C21H19F3N4O3S/c22-21(23,24)19-9-11-27(26-19)17-7-5-15(6-8-17)14-25-20(29)16-3-1-4-18(13-16)28-10-2-12-32(28,30)31/h1,3-9,11,13H,2,10,12,14H2,(H,25,29). The lowest BCUT2D eigenvalue weighted by atomic mass is 10.1. The van der Waals surface area contributed by atoms with Crippen LogP contribution in [0.3, 0.4) is 0 Å². The number of carbonyl (C=O) groups excluding carboxylic acids is 1. The number of nitrogens with zero attached hydrogens (tertiary/aromatic N) is 3. The first-order valence-corrected chi connectivity index (χ1v) is 11.4. The number of aromatic nitrogens is 2. The summed E-state index contributed by atoms with van der Waals surface area (Å²) in [5.41, 5.74) is 1.01. The summed E-state index contributed by atoms with van der Waals surface area (Å²) in [7, 11) is -3.34. The molecule has 0 atom stereocenters. The number of alkyl halides is 3. The predicted molar refractivity (Wildman–Crippen MR) is 112 cm³/mol. The molecule has 0 bridgehead atoms. The van der Waals surface area contributed by atoms with Crippen molar-refractivity contribution in [3.05, 3.63) is 77.6 Å². The third-order valence-electron chi connectivity index (χ3n) is 5.03. The number of amides is 1. The lowest BCUT2D eigenvalue weighted by molar-refractivity contribution is -0.141. The van der Waals surface area contributed by atoms with Gasteiger partial charge >= 0.3 is 6.18 Å². The Morgan fingerprint density at radius 1 is 1.06 bits per heavy atom. The van der Waals surface area contributed by atoms with E-state index in [0.717, 1.165) is 16.3 Å². The highest BCUT2D eigenvalue weighted by Gasteiger charge is 2.33. The van der Waals surface area contributed by atoms with Gasteiger partial charge in [-0.25, -0.2) is 13.1 Å². The van der Waals surface area contributed by atoms with Crippen LogP contribution in [0.5, 0.6) is 0 Å². The highest BCUT2D eigenvalue weighted by molar-refractivity contribution is 7.93. The molecule has 11 heteroatoms. The van der Waals surface area contributed by atoms with E-state index in [2.05, 4.69) is 10.4 Å². The lowest BCUT2D eigenvalue weighted by Crippen LogP contribution is -2.26. The van der Waals surface area contributed by atoms with Crippen molar-refractivity contribution in [2.45, 2.75) is 19.1 Å². The van der Waals surface area contributed by atoms with Gasteiger partial charge in [-0.05, 0) is 48.4 Å². The molecular weight excluding hydrogens is 445 g/mol. The van der Waals surface area contributed by atoms with Crippen LogP contribution < -0.4 is 9.62 Å². The zero-order valence-corrected chi connectivity index (χ0v) is 17.5. The summed E-state index contributed by atoms with van der Waals surface area (Å²) in [5, 5.41) is 6.28. The molecule has 0 radical (unpaired) electrons. The molecule has 168 valence electrons. The Bertz CT molecular complexity index is 1240. The fraction of sp³-hybridized carbons (Fsp3) is 0.238.